The van der Waals surface area contributed by atoms with Crippen LogP contribution in [-0.2, 0) is 27.4 Å². The lowest BCUT2D eigenvalue weighted by atomic mass is 9.88. The van der Waals surface area contributed by atoms with Crippen LogP contribution in [0.1, 0.15) is 46.3 Å². The predicted molar refractivity (Wildman–Crippen MR) is 291 cm³/mol. The molecule has 1 saturated heterocycles. The number of carbonyl (C=O) groups is 4. The summed E-state index contributed by atoms with van der Waals surface area (Å²) >= 11 is 1.57. The van der Waals surface area contributed by atoms with E-state index in [-0.39, 0.29) is 67.6 Å². The molecular formula is C58H48N7O14S+. The Balaban J connectivity index is 0.709. The first-order chi connectivity index (χ1) is 38.6. The fourth-order valence-corrected chi connectivity index (χ4v) is 12.0. The molecule has 22 heteroatoms. The number of ether oxygens (including phenoxy) is 3. The highest BCUT2D eigenvalue weighted by Gasteiger charge is 2.63. The molecule has 2 aliphatic carbocycles. The van der Waals surface area contributed by atoms with Gasteiger partial charge in [0.05, 0.1) is 39.3 Å². The predicted octanol–water partition coefficient (Wildman–Crippen LogP) is 8.89. The highest BCUT2D eigenvalue weighted by molar-refractivity contribution is 8.01. The number of fused-ring (bicyclic) bond motifs is 3. The number of non-ortho nitro benzene ring substituents is 2. The fourth-order valence-electron chi connectivity index (χ4n) is 10.2. The lowest BCUT2D eigenvalue weighted by Crippen LogP contribution is -2.63. The Kier molecular flexibility index (Phi) is 14.2. The average Bonchev–Trinajstić information content (AvgIpc) is 4.17. The number of nitrogens with one attached hydrogen (secondary N) is 1. The number of carboxylic acids is 1. The standard InChI is InChI=1S/C58H47N7O14S/c1-33-21-43(76-20-19-62-30-37(60-61-62)29-59-54(68)36-23-38(64(72)73)25-39(24-36)65(74)75)12-15-45(33)52-46-14-9-40(66)27-50(46)79-51-28-44(13-16-47(51)52)77-31-35-7-10-42(11-8-35)78-32-49-53(57(70)71)63-55(69)48(56(63)80-58(49)17-18-58)26-41(67)22-34-5-3-2-4-6-34/h2-16,21,23-25,27-28,30,37,48,56H,17-20,22,26,29,31-32H2,1H3,(H-,59,68,70,71)/p+1/t37?,48-,56-/m1/s1. The molecular weight excluding hydrogens is 1050 g/mol. The third-order valence-electron chi connectivity index (χ3n) is 14.3. The van der Waals surface area contributed by atoms with E-state index in [1.807, 2.05) is 79.7 Å². The van der Waals surface area contributed by atoms with Gasteiger partial charge in [0.2, 0.25) is 11.9 Å². The quantitative estimate of drug-likeness (QED) is 0.0223. The van der Waals surface area contributed by atoms with Gasteiger partial charge in [-0.05, 0) is 90.6 Å². The second-order valence-electron chi connectivity index (χ2n) is 19.7. The number of amides is 2. The Morgan fingerprint density at radius 1 is 0.825 bits per heavy atom. The first-order valence-corrected chi connectivity index (χ1v) is 26.3. The van der Waals surface area contributed by atoms with E-state index in [0.29, 0.717) is 40.7 Å². The first kappa shape index (κ1) is 52.5. The number of rotatable bonds is 21. The van der Waals surface area contributed by atoms with Gasteiger partial charge in [0, 0.05) is 69.1 Å². The van der Waals surface area contributed by atoms with E-state index in [1.54, 1.807) is 46.9 Å². The zero-order chi connectivity index (χ0) is 55.8. The number of carbonyl (C=O) groups excluding carboxylic acids is 3. The highest BCUT2D eigenvalue weighted by atomic mass is 32.2. The van der Waals surface area contributed by atoms with Crippen molar-refractivity contribution in [2.75, 3.05) is 26.3 Å². The molecule has 6 aliphatic rings. The average molecular weight is 1100 g/mol. The second kappa shape index (κ2) is 21.7. The van der Waals surface area contributed by atoms with Crippen LogP contribution in [0.15, 0.2) is 158 Å². The van der Waals surface area contributed by atoms with Crippen LogP contribution >= 0.6 is 11.8 Å². The minimum absolute atomic E-state index is 0.0125. The number of thioether (sulfide) groups is 1. The molecule has 4 aliphatic heterocycles. The summed E-state index contributed by atoms with van der Waals surface area (Å²) in [6.07, 6.45) is 3.45. The van der Waals surface area contributed by atoms with Crippen LogP contribution in [0.25, 0.3) is 33.4 Å². The van der Waals surface area contributed by atoms with Crippen molar-refractivity contribution in [1.29, 1.82) is 0 Å². The molecule has 2 fully saturated rings. The van der Waals surface area contributed by atoms with Crippen LogP contribution in [0.3, 0.4) is 0 Å². The molecule has 0 radical (unpaired) electrons. The normalized spacial score (nSPS) is 17.7. The van der Waals surface area contributed by atoms with Gasteiger partial charge in [0.25, 0.3) is 17.3 Å². The van der Waals surface area contributed by atoms with Gasteiger partial charge in [-0.2, -0.15) is 0 Å². The third kappa shape index (κ3) is 10.8. The Bertz CT molecular complexity index is 3790. The van der Waals surface area contributed by atoms with E-state index < -0.39 is 55.2 Å². The number of nitrogens with zero attached hydrogens (tertiary/aromatic N) is 6. The molecule has 3 atom stereocenters. The maximum Gasteiger partial charge on any atom is 0.352 e. The molecule has 1 saturated carbocycles. The first-order valence-electron chi connectivity index (χ1n) is 25.5. The third-order valence-corrected chi connectivity index (χ3v) is 16.2. The van der Waals surface area contributed by atoms with Gasteiger partial charge in [0.15, 0.2) is 5.43 Å². The number of benzene rings is 6. The molecule has 4 heterocycles. The smallest absolute Gasteiger partial charge is 0.352 e. The van der Waals surface area contributed by atoms with Crippen LogP contribution in [-0.4, -0.2) is 96.8 Å². The summed E-state index contributed by atoms with van der Waals surface area (Å²) in [5.74, 6) is -0.909. The molecule has 80 heavy (non-hydrogen) atoms. The summed E-state index contributed by atoms with van der Waals surface area (Å²) in [6, 6.07) is 34.7. The molecule has 5 aromatic carbocycles. The molecule has 0 aromatic heterocycles. The number of nitro groups is 2. The molecule has 2 amide bonds. The summed E-state index contributed by atoms with van der Waals surface area (Å²) in [7, 11) is 0. The zero-order valence-electron chi connectivity index (χ0n) is 42.6. The Morgan fingerprint density at radius 3 is 2.24 bits per heavy atom. The molecule has 1 unspecified atom stereocenters. The van der Waals surface area contributed by atoms with Crippen LogP contribution < -0.4 is 25.0 Å². The van der Waals surface area contributed by atoms with Crippen LogP contribution in [0.5, 0.6) is 17.2 Å². The summed E-state index contributed by atoms with van der Waals surface area (Å²) in [4.78, 5) is 86.8. The van der Waals surface area contributed by atoms with E-state index in [0.717, 1.165) is 69.8 Å². The number of hydrogen-bond donors (Lipinski definition) is 2. The fraction of sp³-hybridized carbons (Fsp3) is 0.241. The maximum atomic E-state index is 13.5. The van der Waals surface area contributed by atoms with E-state index in [1.165, 1.54) is 17.0 Å². The van der Waals surface area contributed by atoms with Crippen LogP contribution in [0.2, 0.25) is 0 Å². The van der Waals surface area contributed by atoms with Gasteiger partial charge < -0.3 is 29.1 Å². The van der Waals surface area contributed by atoms with Gasteiger partial charge >= 0.3 is 5.97 Å². The van der Waals surface area contributed by atoms with Gasteiger partial charge in [-0.3, -0.25) is 44.3 Å². The number of nitro benzene ring substituents is 2. The zero-order valence-corrected chi connectivity index (χ0v) is 43.5. The molecule has 404 valence electrons. The summed E-state index contributed by atoms with van der Waals surface area (Å²) in [5.41, 5.74) is 4.44. The van der Waals surface area contributed by atoms with Gasteiger partial charge in [-0.25, -0.2) is 4.79 Å². The molecule has 11 rings (SSSR count). The van der Waals surface area contributed by atoms with E-state index in [2.05, 4.69) is 15.7 Å². The molecule has 1 spiro atoms. The van der Waals surface area contributed by atoms with Crippen molar-refractivity contribution in [2.45, 2.75) is 55.4 Å². The molecule has 21 nitrogen and oxygen atoms in total. The molecule has 5 aromatic rings. The van der Waals surface area contributed by atoms with Crippen molar-refractivity contribution >= 4 is 63.9 Å². The number of Topliss-reactive ketones (excluding diaryl/α,β-unsaturated/α-hetero) is 1. The lowest BCUT2D eigenvalue weighted by molar-refractivity contribution is -0.533. The minimum atomic E-state index is -1.20. The van der Waals surface area contributed by atoms with Crippen molar-refractivity contribution in [3.63, 3.8) is 0 Å². The lowest BCUT2D eigenvalue weighted by Gasteiger charge is -2.52. The largest absolute Gasteiger partial charge is 0.489 e. The van der Waals surface area contributed by atoms with Crippen LogP contribution in [0.4, 0.5) is 11.4 Å². The monoisotopic (exact) mass is 1100 g/mol. The number of hydrogen-bond acceptors (Lipinski definition) is 16. The number of ketones is 1. The van der Waals surface area contributed by atoms with Crippen molar-refractivity contribution in [3.8, 4) is 39.7 Å². The van der Waals surface area contributed by atoms with Gasteiger partial charge in [-0.15, -0.1) is 16.4 Å². The molecule has 0 bridgehead atoms. The van der Waals surface area contributed by atoms with Crippen molar-refractivity contribution in [2.24, 2.45) is 16.3 Å². The number of aryl methyl sites for hydroxylation is 1. The Hall–Kier alpha value is -9.57. The summed E-state index contributed by atoms with van der Waals surface area (Å²) in [5, 5.41) is 44.1. The van der Waals surface area contributed by atoms with Crippen molar-refractivity contribution in [1.82, 2.24) is 10.2 Å². The topological polar surface area (TPSA) is 276 Å². The minimum Gasteiger partial charge on any atom is -0.489 e. The van der Waals surface area contributed by atoms with E-state index >= 15 is 0 Å². The second-order valence-corrected chi connectivity index (χ2v) is 21.2. The Morgan fingerprint density at radius 2 is 1.52 bits per heavy atom. The van der Waals surface area contributed by atoms with Crippen molar-refractivity contribution < 1.29 is 57.4 Å². The van der Waals surface area contributed by atoms with Gasteiger partial charge in [-0.1, -0.05) is 48.5 Å². The van der Waals surface area contributed by atoms with Crippen molar-refractivity contribution in [3.05, 3.63) is 191 Å². The molecule has 2 N–H and O–H groups in total. The number of carboxylic acid groups (broad SMARTS) is 1. The Labute approximate surface area is 458 Å². The van der Waals surface area contributed by atoms with Gasteiger partial charge in [0.1, 0.15) is 77.9 Å². The highest BCUT2D eigenvalue weighted by Crippen LogP contribution is 2.63. The number of β-lactam (4-membered cyclic amide) rings is 1. The number of aliphatic carboxylic acids is 1. The summed E-state index contributed by atoms with van der Waals surface area (Å²) in [6.45, 7) is 2.65. The SMILES string of the molecule is Cc1cc(OCC[N+]2=CC(CNC(=O)c3cc([N+](=O)[O-])cc([N+](=O)[O-])c3)N=N2)ccc1-c1c2ccc(=O)cc-2oc2cc(OCc3ccc(OCC4=C(C(=O)O)N5C(=O)[C@@H](CC(=O)Cc6ccccc6)[C@H]5SC45CC5)cc3)ccc12. The summed E-state index contributed by atoms with van der Waals surface area (Å²) < 4.78 is 26.0. The van der Waals surface area contributed by atoms with Crippen LogP contribution in [0, 0.1) is 33.1 Å². The maximum absolute atomic E-state index is 13.5. The van der Waals surface area contributed by atoms with E-state index in [4.69, 9.17) is 18.6 Å². The van der Waals surface area contributed by atoms with E-state index in [9.17, 15) is 49.3 Å².